The van der Waals surface area contributed by atoms with Gasteiger partial charge in [0.25, 0.3) is 0 Å². The van der Waals surface area contributed by atoms with Crippen LogP contribution >= 0.6 is 0 Å². The van der Waals surface area contributed by atoms with E-state index in [2.05, 4.69) is 20.6 Å². The fraction of sp³-hybridized carbons (Fsp3) is 0.387. The molecular weight excluding hydrogens is 520 g/mol. The topological polar surface area (TPSA) is 120 Å². The van der Waals surface area contributed by atoms with E-state index in [9.17, 15) is 9.59 Å². The normalized spacial score (nSPS) is 11.3. The number of carbonyl (C=O) groups is 2. The van der Waals surface area contributed by atoms with Gasteiger partial charge in [-0.1, -0.05) is 12.1 Å². The monoisotopic (exact) mass is 558 g/mol. The van der Waals surface area contributed by atoms with Gasteiger partial charge < -0.3 is 24.9 Å². The average Bonchev–Trinajstić information content (AvgIpc) is 3.34. The first-order chi connectivity index (χ1) is 19.7. The molecule has 0 aliphatic rings. The van der Waals surface area contributed by atoms with Crippen LogP contribution < -0.4 is 15.4 Å². The van der Waals surface area contributed by atoms with Crippen molar-refractivity contribution < 1.29 is 19.1 Å². The van der Waals surface area contributed by atoms with Gasteiger partial charge in [-0.3, -0.25) is 4.57 Å². The number of ketones is 1. The molecule has 0 saturated carbocycles. The van der Waals surface area contributed by atoms with E-state index in [0.29, 0.717) is 36.7 Å². The van der Waals surface area contributed by atoms with Crippen LogP contribution in [0.1, 0.15) is 58.9 Å². The first kappa shape index (κ1) is 29.5. The molecule has 4 rings (SSSR count). The number of ether oxygens (including phenoxy) is 2. The quantitative estimate of drug-likeness (QED) is 0.187. The Morgan fingerprint density at radius 2 is 1.71 bits per heavy atom. The largest absolute Gasteiger partial charge is 0.494 e. The van der Waals surface area contributed by atoms with E-state index in [-0.39, 0.29) is 5.78 Å². The second kappa shape index (κ2) is 13.7. The Balaban J connectivity index is 1.31. The SMILES string of the molecule is CC(=O)CCCCOc1ccc(-n2cnc3cnc(Nc4ccc(CCCNC(=O)OC(C)(C)C)cc4)nc32)cc1. The van der Waals surface area contributed by atoms with Gasteiger partial charge >= 0.3 is 6.09 Å². The summed E-state index contributed by atoms with van der Waals surface area (Å²) in [7, 11) is 0. The number of unbranched alkanes of at least 4 members (excludes halogenated alkanes) is 1. The predicted molar refractivity (Wildman–Crippen MR) is 159 cm³/mol. The summed E-state index contributed by atoms with van der Waals surface area (Å²) in [6.45, 7) is 8.28. The minimum absolute atomic E-state index is 0.208. The van der Waals surface area contributed by atoms with Crippen LogP contribution in [-0.4, -0.2) is 50.1 Å². The molecule has 0 fully saturated rings. The maximum atomic E-state index is 11.8. The van der Waals surface area contributed by atoms with E-state index in [1.165, 1.54) is 5.56 Å². The van der Waals surface area contributed by atoms with Crippen molar-refractivity contribution in [2.45, 2.75) is 65.4 Å². The lowest BCUT2D eigenvalue weighted by molar-refractivity contribution is -0.117. The summed E-state index contributed by atoms with van der Waals surface area (Å²) in [4.78, 5) is 36.4. The molecule has 0 bridgehead atoms. The summed E-state index contributed by atoms with van der Waals surface area (Å²) in [5.41, 5.74) is 3.83. The third-order valence-corrected chi connectivity index (χ3v) is 6.12. The second-order valence-electron chi connectivity index (χ2n) is 10.9. The number of nitrogens with one attached hydrogen (secondary N) is 2. The van der Waals surface area contributed by atoms with E-state index in [0.717, 1.165) is 42.8 Å². The molecule has 2 N–H and O–H groups in total. The summed E-state index contributed by atoms with van der Waals surface area (Å²) in [6.07, 6.45) is 6.95. The maximum absolute atomic E-state index is 11.8. The van der Waals surface area contributed by atoms with E-state index in [1.807, 2.05) is 73.9 Å². The van der Waals surface area contributed by atoms with Crippen molar-refractivity contribution in [2.24, 2.45) is 0 Å². The number of carbonyl (C=O) groups excluding carboxylic acids is 2. The van der Waals surface area contributed by atoms with Crippen molar-refractivity contribution in [1.82, 2.24) is 24.8 Å². The Morgan fingerprint density at radius 3 is 2.41 bits per heavy atom. The highest BCUT2D eigenvalue weighted by Crippen LogP contribution is 2.22. The summed E-state index contributed by atoms with van der Waals surface area (Å²) in [5.74, 6) is 1.46. The van der Waals surface area contributed by atoms with Gasteiger partial charge in [0.15, 0.2) is 5.65 Å². The van der Waals surface area contributed by atoms with Crippen molar-refractivity contribution in [3.8, 4) is 11.4 Å². The third kappa shape index (κ3) is 9.30. The number of aromatic nitrogens is 4. The Hall–Kier alpha value is -4.47. The Labute approximate surface area is 240 Å². The fourth-order valence-corrected chi connectivity index (χ4v) is 4.11. The van der Waals surface area contributed by atoms with Crippen LogP contribution in [0.25, 0.3) is 16.9 Å². The standard InChI is InChI=1S/C31H38N6O4/c1-22(38)8-5-6-19-40-26-16-14-25(15-17-26)37-21-34-27-20-33-29(36-28(27)37)35-24-12-10-23(11-13-24)9-7-18-32-30(39)41-31(2,3)4/h10-17,20-21H,5-9,18-19H2,1-4H3,(H,32,39)(H,33,35,36). The van der Waals surface area contributed by atoms with Gasteiger partial charge in [-0.2, -0.15) is 4.98 Å². The van der Waals surface area contributed by atoms with Crippen molar-refractivity contribution >= 4 is 34.7 Å². The highest BCUT2D eigenvalue weighted by atomic mass is 16.6. The van der Waals surface area contributed by atoms with Crippen LogP contribution in [0.15, 0.2) is 61.1 Å². The Bertz CT molecular complexity index is 1440. The zero-order valence-corrected chi connectivity index (χ0v) is 24.1. The van der Waals surface area contributed by atoms with Crippen LogP contribution in [0, 0.1) is 0 Å². The fourth-order valence-electron chi connectivity index (χ4n) is 4.11. The van der Waals surface area contributed by atoms with Gasteiger partial charge in [0.1, 0.15) is 29.0 Å². The highest BCUT2D eigenvalue weighted by Gasteiger charge is 2.15. The number of imidazole rings is 1. The number of fused-ring (bicyclic) bond motifs is 1. The Morgan fingerprint density at radius 1 is 0.951 bits per heavy atom. The zero-order chi connectivity index (χ0) is 29.2. The van der Waals surface area contributed by atoms with E-state index in [1.54, 1.807) is 19.4 Å². The number of rotatable bonds is 13. The van der Waals surface area contributed by atoms with Gasteiger partial charge in [0.2, 0.25) is 5.95 Å². The van der Waals surface area contributed by atoms with Crippen LogP contribution in [0.3, 0.4) is 0 Å². The predicted octanol–water partition coefficient (Wildman–Crippen LogP) is 6.15. The molecule has 41 heavy (non-hydrogen) atoms. The second-order valence-corrected chi connectivity index (χ2v) is 10.9. The molecule has 0 aliphatic heterocycles. The van der Waals surface area contributed by atoms with Crippen LogP contribution in [0.5, 0.6) is 5.75 Å². The molecule has 0 aliphatic carbocycles. The molecule has 2 aromatic carbocycles. The molecule has 216 valence electrons. The van der Waals surface area contributed by atoms with Crippen molar-refractivity contribution in [1.29, 1.82) is 0 Å². The average molecular weight is 559 g/mol. The molecule has 2 aromatic heterocycles. The van der Waals surface area contributed by atoms with Gasteiger partial charge in [-0.25, -0.2) is 14.8 Å². The molecule has 0 spiro atoms. The number of amides is 1. The third-order valence-electron chi connectivity index (χ3n) is 6.12. The maximum Gasteiger partial charge on any atom is 0.407 e. The number of aryl methyl sites for hydroxylation is 1. The number of alkyl carbamates (subject to hydrolysis) is 1. The number of hydrogen-bond donors (Lipinski definition) is 2. The van der Waals surface area contributed by atoms with Crippen LogP contribution in [-0.2, 0) is 16.0 Å². The number of nitrogens with zero attached hydrogens (tertiary/aromatic N) is 4. The minimum atomic E-state index is -0.499. The highest BCUT2D eigenvalue weighted by molar-refractivity contribution is 5.75. The number of anilines is 2. The van der Waals surface area contributed by atoms with Crippen molar-refractivity contribution in [3.63, 3.8) is 0 Å². The molecule has 4 aromatic rings. The van der Waals surface area contributed by atoms with Crippen molar-refractivity contribution in [2.75, 3.05) is 18.5 Å². The molecular formula is C31H38N6O4. The molecule has 0 unspecified atom stereocenters. The van der Waals surface area contributed by atoms with E-state index in [4.69, 9.17) is 14.5 Å². The summed E-state index contributed by atoms with van der Waals surface area (Å²) < 4.78 is 13.0. The van der Waals surface area contributed by atoms with E-state index < -0.39 is 11.7 Å². The summed E-state index contributed by atoms with van der Waals surface area (Å²) >= 11 is 0. The van der Waals surface area contributed by atoms with Gasteiger partial charge in [-0.15, -0.1) is 0 Å². The van der Waals surface area contributed by atoms with Crippen molar-refractivity contribution in [3.05, 3.63) is 66.6 Å². The van der Waals surface area contributed by atoms with Crippen LogP contribution in [0.2, 0.25) is 0 Å². The number of hydrogen-bond acceptors (Lipinski definition) is 8. The first-order valence-electron chi connectivity index (χ1n) is 13.9. The minimum Gasteiger partial charge on any atom is -0.494 e. The van der Waals surface area contributed by atoms with E-state index >= 15 is 0 Å². The lowest BCUT2D eigenvalue weighted by Crippen LogP contribution is -2.33. The molecule has 0 radical (unpaired) electrons. The van der Waals surface area contributed by atoms with Gasteiger partial charge in [0.05, 0.1) is 12.8 Å². The molecule has 0 atom stereocenters. The number of Topliss-reactive ketones (excluding diaryl/α,β-unsaturated/α-hetero) is 1. The van der Waals surface area contributed by atoms with Gasteiger partial charge in [0, 0.05) is 24.3 Å². The molecule has 1 amide bonds. The first-order valence-corrected chi connectivity index (χ1v) is 13.9. The number of benzene rings is 2. The molecule has 10 nitrogen and oxygen atoms in total. The van der Waals surface area contributed by atoms with Crippen LogP contribution in [0.4, 0.5) is 16.4 Å². The summed E-state index contributed by atoms with van der Waals surface area (Å²) in [5, 5.41) is 6.05. The molecule has 2 heterocycles. The molecule has 0 saturated heterocycles. The lowest BCUT2D eigenvalue weighted by Gasteiger charge is -2.19. The molecule has 10 heteroatoms. The lowest BCUT2D eigenvalue weighted by atomic mass is 10.1. The Kier molecular flexibility index (Phi) is 9.89. The summed E-state index contributed by atoms with van der Waals surface area (Å²) in [6, 6.07) is 15.8. The van der Waals surface area contributed by atoms with Gasteiger partial charge in [-0.05, 0) is 95.3 Å². The smallest absolute Gasteiger partial charge is 0.407 e. The zero-order valence-electron chi connectivity index (χ0n) is 24.1.